The molecule has 0 radical (unpaired) electrons. The van der Waals surface area contributed by atoms with E-state index in [-0.39, 0.29) is 5.82 Å². The number of fused-ring (bicyclic) bond motifs is 1. The lowest BCUT2D eigenvalue weighted by Gasteiger charge is -2.11. The Morgan fingerprint density at radius 2 is 2.00 bits per heavy atom. The number of rotatable bonds is 4. The number of nitrogens with one attached hydrogen (secondary N) is 2. The highest BCUT2D eigenvalue weighted by Crippen LogP contribution is 2.26. The maximum atomic E-state index is 6.13. The first-order valence-corrected chi connectivity index (χ1v) is 7.67. The second-order valence-corrected chi connectivity index (χ2v) is 5.42. The number of hydrogen-bond acceptors (Lipinski definition) is 4. The van der Waals surface area contributed by atoms with E-state index < -0.39 is 0 Å². The van der Waals surface area contributed by atoms with Crippen molar-refractivity contribution < 1.29 is 0 Å². The van der Waals surface area contributed by atoms with Crippen LogP contribution in [-0.4, -0.2) is 21.6 Å². The summed E-state index contributed by atoms with van der Waals surface area (Å²) in [6.45, 7) is 5.23. The molecule has 25 heavy (non-hydrogen) atoms. The van der Waals surface area contributed by atoms with Gasteiger partial charge in [-0.2, -0.15) is 0 Å². The van der Waals surface area contributed by atoms with Crippen molar-refractivity contribution in [2.24, 2.45) is 21.5 Å². The third-order valence-electron chi connectivity index (χ3n) is 3.52. The fourth-order valence-electron chi connectivity index (χ4n) is 2.50. The van der Waals surface area contributed by atoms with E-state index in [0.29, 0.717) is 23.1 Å². The summed E-state index contributed by atoms with van der Waals surface area (Å²) in [5.41, 5.74) is 14.2. The molecular weight excluding hydrogens is 314 g/mol. The van der Waals surface area contributed by atoms with Gasteiger partial charge in [0.1, 0.15) is 23.3 Å². The van der Waals surface area contributed by atoms with Crippen molar-refractivity contribution in [2.45, 2.75) is 6.92 Å². The van der Waals surface area contributed by atoms with E-state index in [2.05, 4.69) is 31.8 Å². The minimum atomic E-state index is 0.178. The van der Waals surface area contributed by atoms with E-state index in [1.165, 1.54) is 0 Å². The van der Waals surface area contributed by atoms with Crippen molar-refractivity contribution in [1.82, 2.24) is 9.97 Å². The molecule has 7 heteroatoms. The van der Waals surface area contributed by atoms with E-state index in [0.717, 1.165) is 16.6 Å². The highest BCUT2D eigenvalue weighted by Gasteiger charge is 2.10. The molecule has 0 unspecified atom stereocenters. The number of nitrogens with two attached hydrogens (primary N) is 2. The molecule has 6 N–H and O–H groups in total. The van der Waals surface area contributed by atoms with Crippen molar-refractivity contribution in [3.05, 3.63) is 66.8 Å². The molecule has 1 aromatic carbocycles. The number of H-pyrrole nitrogens is 1. The van der Waals surface area contributed by atoms with Crippen LogP contribution in [-0.2, 0) is 0 Å². The molecule has 0 aliphatic carbocycles. The Hall–Kier alpha value is -3.61. The lowest BCUT2D eigenvalue weighted by molar-refractivity contribution is 1.24. The number of amidine groups is 2. The smallest absolute Gasteiger partial charge is 0.141 e. The molecule has 7 nitrogen and oxygen atoms in total. The summed E-state index contributed by atoms with van der Waals surface area (Å²) >= 11 is 0. The summed E-state index contributed by atoms with van der Waals surface area (Å²) in [5, 5.41) is 4.38. The number of hydrogen-bond donors (Lipinski definition) is 4. The van der Waals surface area contributed by atoms with E-state index in [4.69, 9.17) is 11.5 Å². The molecule has 2 heterocycles. The van der Waals surface area contributed by atoms with Gasteiger partial charge in [-0.1, -0.05) is 12.6 Å². The first-order valence-electron chi connectivity index (χ1n) is 7.67. The van der Waals surface area contributed by atoms with E-state index >= 15 is 0 Å². The molecule has 2 aromatic heterocycles. The van der Waals surface area contributed by atoms with Crippen LogP contribution in [0.5, 0.6) is 0 Å². The second kappa shape index (κ2) is 6.88. The van der Waals surface area contributed by atoms with Gasteiger partial charge >= 0.3 is 0 Å². The Balaban J connectivity index is 1.98. The Morgan fingerprint density at radius 1 is 1.16 bits per heavy atom. The standard InChI is InChI=1S/C18H19N7/c1-11(19)23-12(2)24-17(20)14-5-4-9-22-18(14)25-16-7-3-6-15-13(16)8-10-21-15/h3-10,21H,1,19H2,2H3,(H,22,25)(H2,20,23,24). The zero-order valence-electron chi connectivity index (χ0n) is 13.8. The number of pyridine rings is 1. The summed E-state index contributed by atoms with van der Waals surface area (Å²) < 4.78 is 0. The molecule has 0 spiro atoms. The van der Waals surface area contributed by atoms with Crippen LogP contribution in [0.1, 0.15) is 12.5 Å². The summed E-state index contributed by atoms with van der Waals surface area (Å²) in [6, 6.07) is 11.6. The van der Waals surface area contributed by atoms with Crippen LogP contribution >= 0.6 is 0 Å². The van der Waals surface area contributed by atoms with Crippen molar-refractivity contribution in [2.75, 3.05) is 5.32 Å². The molecule has 126 valence electrons. The molecule has 0 bridgehead atoms. The summed E-state index contributed by atoms with van der Waals surface area (Å²) in [5.74, 6) is 1.50. The molecule has 0 fully saturated rings. The minimum Gasteiger partial charge on any atom is -0.384 e. The van der Waals surface area contributed by atoms with Gasteiger partial charge in [-0.3, -0.25) is 0 Å². The number of anilines is 2. The van der Waals surface area contributed by atoms with Crippen LogP contribution in [0.2, 0.25) is 0 Å². The Bertz CT molecular complexity index is 982. The molecular formula is C18H19N7. The van der Waals surface area contributed by atoms with Crippen LogP contribution in [0.25, 0.3) is 10.9 Å². The first-order chi connectivity index (χ1) is 12.0. The minimum absolute atomic E-state index is 0.178. The lowest BCUT2D eigenvalue weighted by atomic mass is 10.2. The van der Waals surface area contributed by atoms with Gasteiger partial charge in [-0.05, 0) is 37.3 Å². The second-order valence-electron chi connectivity index (χ2n) is 5.42. The quantitative estimate of drug-likeness (QED) is 0.434. The highest BCUT2D eigenvalue weighted by atomic mass is 15.0. The number of aromatic amines is 1. The molecule has 0 saturated carbocycles. The third kappa shape index (κ3) is 3.66. The molecule has 3 rings (SSSR count). The molecule has 0 atom stereocenters. The summed E-state index contributed by atoms with van der Waals surface area (Å²) in [6.07, 6.45) is 3.59. The highest BCUT2D eigenvalue weighted by molar-refractivity contribution is 6.08. The van der Waals surface area contributed by atoms with Gasteiger partial charge in [0.25, 0.3) is 0 Å². The maximum Gasteiger partial charge on any atom is 0.141 e. The van der Waals surface area contributed by atoms with Crippen LogP contribution in [0.15, 0.2) is 71.2 Å². The Labute approximate surface area is 145 Å². The number of benzene rings is 1. The largest absolute Gasteiger partial charge is 0.384 e. The molecule has 0 aliphatic heterocycles. The lowest BCUT2D eigenvalue weighted by Crippen LogP contribution is -2.17. The zero-order chi connectivity index (χ0) is 17.8. The van der Waals surface area contributed by atoms with Crippen molar-refractivity contribution in [1.29, 1.82) is 0 Å². The van der Waals surface area contributed by atoms with Gasteiger partial charge in [-0.15, -0.1) is 0 Å². The molecule has 3 aromatic rings. The number of aliphatic imine (C=N–C) groups is 2. The molecule has 0 aliphatic rings. The van der Waals surface area contributed by atoms with Gasteiger partial charge in [-0.25, -0.2) is 15.0 Å². The fraction of sp³-hybridized carbons (Fsp3) is 0.0556. The fourth-order valence-corrected chi connectivity index (χ4v) is 2.50. The van der Waals surface area contributed by atoms with Gasteiger partial charge in [0.15, 0.2) is 0 Å². The number of aromatic nitrogens is 2. The van der Waals surface area contributed by atoms with E-state index in [1.54, 1.807) is 19.2 Å². The molecule has 0 amide bonds. The summed E-state index contributed by atoms with van der Waals surface area (Å²) in [7, 11) is 0. The van der Waals surface area contributed by atoms with Crippen LogP contribution in [0.3, 0.4) is 0 Å². The first kappa shape index (κ1) is 16.3. The third-order valence-corrected chi connectivity index (χ3v) is 3.52. The number of nitrogens with zero attached hydrogens (tertiary/aromatic N) is 3. The summed E-state index contributed by atoms with van der Waals surface area (Å²) in [4.78, 5) is 15.8. The predicted molar refractivity (Wildman–Crippen MR) is 103 cm³/mol. The SMILES string of the molecule is C=C(N)N=C(C)N=C(N)c1cccnc1Nc1cccc2[nH]ccc12. The average Bonchev–Trinajstić information content (AvgIpc) is 3.04. The van der Waals surface area contributed by atoms with Crippen LogP contribution < -0.4 is 16.8 Å². The normalized spacial score (nSPS) is 12.4. The van der Waals surface area contributed by atoms with Gasteiger partial charge in [0, 0.05) is 29.0 Å². The average molecular weight is 333 g/mol. The van der Waals surface area contributed by atoms with Crippen molar-refractivity contribution in [3.8, 4) is 0 Å². The van der Waals surface area contributed by atoms with E-state index in [1.807, 2.05) is 36.5 Å². The Morgan fingerprint density at radius 3 is 2.80 bits per heavy atom. The van der Waals surface area contributed by atoms with Gasteiger partial charge < -0.3 is 21.8 Å². The maximum absolute atomic E-state index is 6.13. The van der Waals surface area contributed by atoms with Crippen LogP contribution in [0, 0.1) is 0 Å². The van der Waals surface area contributed by atoms with Gasteiger partial charge in [0.05, 0.1) is 5.56 Å². The topological polar surface area (TPSA) is 117 Å². The van der Waals surface area contributed by atoms with Crippen molar-refractivity contribution in [3.63, 3.8) is 0 Å². The van der Waals surface area contributed by atoms with Gasteiger partial charge in [0.2, 0.25) is 0 Å². The van der Waals surface area contributed by atoms with Crippen LogP contribution in [0.4, 0.5) is 11.5 Å². The Kier molecular flexibility index (Phi) is 4.47. The van der Waals surface area contributed by atoms with Crippen molar-refractivity contribution >= 4 is 34.1 Å². The zero-order valence-corrected chi connectivity index (χ0v) is 13.8. The predicted octanol–water partition coefficient (Wildman–Crippen LogP) is 2.86. The monoisotopic (exact) mass is 333 g/mol. The van der Waals surface area contributed by atoms with E-state index in [9.17, 15) is 0 Å². The molecule has 0 saturated heterocycles.